The second kappa shape index (κ2) is 8.29. The van der Waals surface area contributed by atoms with Crippen molar-refractivity contribution in [1.29, 1.82) is 0 Å². The van der Waals surface area contributed by atoms with Crippen LogP contribution in [0, 0.1) is 0 Å². The Bertz CT molecular complexity index is 571. The van der Waals surface area contributed by atoms with Crippen LogP contribution in [-0.4, -0.2) is 42.5 Å². The highest BCUT2D eigenvalue weighted by molar-refractivity contribution is 5.82. The lowest BCUT2D eigenvalue weighted by atomic mass is 10.0. The number of hydrogen-bond acceptors (Lipinski definition) is 3. The molecule has 0 spiro atoms. The van der Waals surface area contributed by atoms with Crippen LogP contribution < -0.4 is 5.32 Å². The summed E-state index contributed by atoms with van der Waals surface area (Å²) in [6.07, 6.45) is 3.25. The number of aromatic nitrogens is 1. The molecule has 1 aromatic carbocycles. The molecule has 1 heterocycles. The smallest absolute Gasteiger partial charge is 0.239 e. The summed E-state index contributed by atoms with van der Waals surface area (Å²) < 4.78 is 0. The lowest BCUT2D eigenvalue weighted by molar-refractivity contribution is -0.132. The molecule has 0 radical (unpaired) electrons. The molecule has 0 saturated heterocycles. The standard InChI is InChI=1S/C18H23N3O/c1-19-17(14-15-8-4-3-5-9-15)18(22)21(2)13-11-16-10-6-7-12-20-16/h3-10,12,17,19H,11,13-14H2,1-2H3/t17-/m1/s1. The van der Waals surface area contributed by atoms with E-state index in [4.69, 9.17) is 0 Å². The Morgan fingerprint density at radius 3 is 2.55 bits per heavy atom. The molecule has 2 rings (SSSR count). The second-order valence-electron chi connectivity index (χ2n) is 5.36. The van der Waals surface area contributed by atoms with Crippen molar-refractivity contribution in [2.45, 2.75) is 18.9 Å². The van der Waals surface area contributed by atoms with Gasteiger partial charge in [-0.2, -0.15) is 0 Å². The van der Waals surface area contributed by atoms with Gasteiger partial charge >= 0.3 is 0 Å². The molecule has 1 atom stereocenters. The SMILES string of the molecule is CN[C@H](Cc1ccccc1)C(=O)N(C)CCc1ccccn1. The van der Waals surface area contributed by atoms with Gasteiger partial charge < -0.3 is 10.2 Å². The Balaban J connectivity index is 1.90. The van der Waals surface area contributed by atoms with E-state index in [0.29, 0.717) is 13.0 Å². The van der Waals surface area contributed by atoms with Crippen LogP contribution in [0.4, 0.5) is 0 Å². The molecule has 22 heavy (non-hydrogen) atoms. The van der Waals surface area contributed by atoms with E-state index in [1.165, 1.54) is 0 Å². The van der Waals surface area contributed by atoms with Gasteiger partial charge in [0.1, 0.15) is 0 Å². The summed E-state index contributed by atoms with van der Waals surface area (Å²) in [6, 6.07) is 15.7. The molecule has 1 amide bonds. The first kappa shape index (κ1) is 16.2. The number of likely N-dealkylation sites (N-methyl/N-ethyl adjacent to an activating group) is 2. The summed E-state index contributed by atoms with van der Waals surface area (Å²) >= 11 is 0. The first-order chi connectivity index (χ1) is 10.7. The van der Waals surface area contributed by atoms with Gasteiger partial charge in [0.05, 0.1) is 6.04 Å². The van der Waals surface area contributed by atoms with Gasteiger partial charge in [0, 0.05) is 31.9 Å². The van der Waals surface area contributed by atoms with Crippen LogP contribution in [0.5, 0.6) is 0 Å². The summed E-state index contributed by atoms with van der Waals surface area (Å²) in [5.41, 5.74) is 2.17. The first-order valence-corrected chi connectivity index (χ1v) is 7.57. The third-order valence-electron chi connectivity index (χ3n) is 3.73. The molecule has 0 aliphatic heterocycles. The molecule has 1 aromatic heterocycles. The Labute approximate surface area is 132 Å². The van der Waals surface area contributed by atoms with E-state index in [2.05, 4.69) is 10.3 Å². The highest BCUT2D eigenvalue weighted by atomic mass is 16.2. The number of carbonyl (C=O) groups is 1. The molecule has 4 nitrogen and oxygen atoms in total. The van der Waals surface area contributed by atoms with Crippen molar-refractivity contribution >= 4 is 5.91 Å². The van der Waals surface area contributed by atoms with Crippen molar-refractivity contribution in [3.63, 3.8) is 0 Å². The molecular weight excluding hydrogens is 274 g/mol. The highest BCUT2D eigenvalue weighted by Gasteiger charge is 2.20. The number of nitrogens with one attached hydrogen (secondary N) is 1. The summed E-state index contributed by atoms with van der Waals surface area (Å²) in [5, 5.41) is 3.12. The van der Waals surface area contributed by atoms with E-state index in [1.807, 2.05) is 62.6 Å². The van der Waals surface area contributed by atoms with Crippen LogP contribution in [-0.2, 0) is 17.6 Å². The van der Waals surface area contributed by atoms with Gasteiger partial charge in [0.2, 0.25) is 5.91 Å². The molecule has 0 fully saturated rings. The molecule has 0 saturated carbocycles. The maximum atomic E-state index is 12.5. The van der Waals surface area contributed by atoms with E-state index >= 15 is 0 Å². The van der Waals surface area contributed by atoms with Gasteiger partial charge in [-0.05, 0) is 31.2 Å². The van der Waals surface area contributed by atoms with E-state index in [9.17, 15) is 4.79 Å². The molecular formula is C18H23N3O. The van der Waals surface area contributed by atoms with Crippen molar-refractivity contribution in [2.24, 2.45) is 0 Å². The van der Waals surface area contributed by atoms with Crippen molar-refractivity contribution < 1.29 is 4.79 Å². The Morgan fingerprint density at radius 1 is 1.18 bits per heavy atom. The number of rotatable bonds is 7. The molecule has 0 aliphatic carbocycles. The van der Waals surface area contributed by atoms with E-state index in [1.54, 1.807) is 11.1 Å². The molecule has 2 aromatic rings. The molecule has 0 aliphatic rings. The van der Waals surface area contributed by atoms with Crippen LogP contribution in [0.2, 0.25) is 0 Å². The fourth-order valence-corrected chi connectivity index (χ4v) is 2.37. The number of nitrogens with zero attached hydrogens (tertiary/aromatic N) is 2. The minimum Gasteiger partial charge on any atom is -0.344 e. The number of carbonyl (C=O) groups excluding carboxylic acids is 1. The zero-order chi connectivity index (χ0) is 15.8. The fraction of sp³-hybridized carbons (Fsp3) is 0.333. The van der Waals surface area contributed by atoms with Gasteiger partial charge in [-0.15, -0.1) is 0 Å². The fourth-order valence-electron chi connectivity index (χ4n) is 2.37. The van der Waals surface area contributed by atoms with Crippen LogP contribution in [0.3, 0.4) is 0 Å². The number of benzene rings is 1. The van der Waals surface area contributed by atoms with Crippen LogP contribution in [0.15, 0.2) is 54.7 Å². The Kier molecular flexibility index (Phi) is 6.10. The molecule has 0 unspecified atom stereocenters. The zero-order valence-electron chi connectivity index (χ0n) is 13.2. The Hall–Kier alpha value is -2.20. The van der Waals surface area contributed by atoms with Gasteiger partial charge in [0.15, 0.2) is 0 Å². The molecule has 4 heteroatoms. The third kappa shape index (κ3) is 4.67. The van der Waals surface area contributed by atoms with Crippen LogP contribution >= 0.6 is 0 Å². The summed E-state index contributed by atoms with van der Waals surface area (Å²) in [4.78, 5) is 18.6. The highest BCUT2D eigenvalue weighted by Crippen LogP contribution is 2.06. The monoisotopic (exact) mass is 297 g/mol. The number of hydrogen-bond donors (Lipinski definition) is 1. The summed E-state index contributed by atoms with van der Waals surface area (Å²) in [5.74, 6) is 0.113. The molecule has 0 bridgehead atoms. The van der Waals surface area contributed by atoms with Crippen LogP contribution in [0.25, 0.3) is 0 Å². The predicted molar refractivity (Wildman–Crippen MR) is 88.6 cm³/mol. The van der Waals surface area contributed by atoms with Gasteiger partial charge in [0.25, 0.3) is 0 Å². The maximum Gasteiger partial charge on any atom is 0.239 e. The normalized spacial score (nSPS) is 11.9. The van der Waals surface area contributed by atoms with Gasteiger partial charge in [-0.3, -0.25) is 9.78 Å². The number of pyridine rings is 1. The average Bonchev–Trinajstić information content (AvgIpc) is 2.58. The van der Waals surface area contributed by atoms with E-state index in [-0.39, 0.29) is 11.9 Å². The molecule has 116 valence electrons. The van der Waals surface area contributed by atoms with E-state index in [0.717, 1.165) is 17.7 Å². The topological polar surface area (TPSA) is 45.2 Å². The number of amides is 1. The Morgan fingerprint density at radius 2 is 1.91 bits per heavy atom. The zero-order valence-corrected chi connectivity index (χ0v) is 13.2. The van der Waals surface area contributed by atoms with Crippen molar-refractivity contribution in [1.82, 2.24) is 15.2 Å². The molecule has 1 N–H and O–H groups in total. The lowest BCUT2D eigenvalue weighted by Crippen LogP contribution is -2.45. The average molecular weight is 297 g/mol. The lowest BCUT2D eigenvalue weighted by Gasteiger charge is -2.23. The summed E-state index contributed by atoms with van der Waals surface area (Å²) in [7, 11) is 3.68. The summed E-state index contributed by atoms with van der Waals surface area (Å²) in [6.45, 7) is 0.669. The second-order valence-corrected chi connectivity index (χ2v) is 5.36. The van der Waals surface area contributed by atoms with Crippen molar-refractivity contribution in [3.05, 3.63) is 66.0 Å². The largest absolute Gasteiger partial charge is 0.344 e. The van der Waals surface area contributed by atoms with Gasteiger partial charge in [-0.1, -0.05) is 36.4 Å². The van der Waals surface area contributed by atoms with Gasteiger partial charge in [-0.25, -0.2) is 0 Å². The van der Waals surface area contributed by atoms with E-state index < -0.39 is 0 Å². The minimum absolute atomic E-state index is 0.113. The van der Waals surface area contributed by atoms with Crippen LogP contribution in [0.1, 0.15) is 11.3 Å². The first-order valence-electron chi connectivity index (χ1n) is 7.57. The van der Waals surface area contributed by atoms with Crippen molar-refractivity contribution in [2.75, 3.05) is 20.6 Å². The third-order valence-corrected chi connectivity index (χ3v) is 3.73. The predicted octanol–water partition coefficient (Wildman–Crippen LogP) is 1.91. The minimum atomic E-state index is -0.198. The maximum absolute atomic E-state index is 12.5. The van der Waals surface area contributed by atoms with Crippen molar-refractivity contribution in [3.8, 4) is 0 Å². The quantitative estimate of drug-likeness (QED) is 0.849.